The predicted octanol–water partition coefficient (Wildman–Crippen LogP) is 21.1. The Morgan fingerprint density at radius 3 is 1.05 bits per heavy atom. The van der Waals surface area contributed by atoms with Gasteiger partial charge in [0.25, 0.3) is 0 Å². The van der Waals surface area contributed by atoms with E-state index in [2.05, 4.69) is 55.6 Å². The van der Waals surface area contributed by atoms with Crippen molar-refractivity contribution in [2.45, 2.75) is 373 Å². The number of allylic oxidation sites excluding steroid dienone is 6. The van der Waals surface area contributed by atoms with Crippen LogP contribution in [0.15, 0.2) is 36.5 Å². The monoisotopic (exact) mass is 1040 g/mol. The van der Waals surface area contributed by atoms with Crippen LogP contribution in [-0.2, 0) is 14.3 Å². The summed E-state index contributed by atoms with van der Waals surface area (Å²) in [5.74, 6) is -0.0304. The van der Waals surface area contributed by atoms with Gasteiger partial charge in [0.2, 0.25) is 5.91 Å². The summed E-state index contributed by atoms with van der Waals surface area (Å²) in [6, 6.07) is -0.540. The minimum absolute atomic E-state index is 0.00313. The van der Waals surface area contributed by atoms with Crippen LogP contribution in [0.3, 0.4) is 0 Å². The van der Waals surface area contributed by atoms with Crippen LogP contribution in [0.5, 0.6) is 0 Å². The Bertz CT molecular complexity index is 1200. The van der Waals surface area contributed by atoms with Crippen molar-refractivity contribution in [3.63, 3.8) is 0 Å². The lowest BCUT2D eigenvalue weighted by Gasteiger charge is -2.22. The van der Waals surface area contributed by atoms with Crippen LogP contribution in [0, 0.1) is 0 Å². The molecule has 0 bridgehead atoms. The van der Waals surface area contributed by atoms with E-state index < -0.39 is 12.1 Å². The summed E-state index contributed by atoms with van der Waals surface area (Å²) in [7, 11) is 0. The van der Waals surface area contributed by atoms with Crippen molar-refractivity contribution in [2.24, 2.45) is 0 Å². The molecule has 0 aliphatic carbocycles. The minimum atomic E-state index is -0.663. The average Bonchev–Trinajstić information content (AvgIpc) is 3.40. The summed E-state index contributed by atoms with van der Waals surface area (Å²) < 4.78 is 5.49. The number of carbonyl (C=O) groups is 2. The predicted molar refractivity (Wildman–Crippen MR) is 324 cm³/mol. The molecular formula is C68H129NO5. The van der Waals surface area contributed by atoms with Gasteiger partial charge in [-0.1, -0.05) is 301 Å². The topological polar surface area (TPSA) is 95.9 Å². The number of carbonyl (C=O) groups excluding carboxylic acids is 2. The molecule has 0 saturated heterocycles. The van der Waals surface area contributed by atoms with Crippen LogP contribution < -0.4 is 5.32 Å². The molecule has 0 aliphatic rings. The summed E-state index contributed by atoms with van der Waals surface area (Å²) >= 11 is 0. The Labute approximate surface area is 462 Å². The van der Waals surface area contributed by atoms with Gasteiger partial charge in [-0.3, -0.25) is 9.59 Å². The number of nitrogens with one attached hydrogen (secondary N) is 1. The Balaban J connectivity index is 3.36. The molecule has 0 aromatic carbocycles. The van der Waals surface area contributed by atoms with Gasteiger partial charge in [-0.15, -0.1) is 0 Å². The smallest absolute Gasteiger partial charge is 0.305 e. The van der Waals surface area contributed by atoms with Crippen LogP contribution >= 0.6 is 0 Å². The first kappa shape index (κ1) is 72.1. The highest BCUT2D eigenvalue weighted by Gasteiger charge is 2.20. The van der Waals surface area contributed by atoms with Gasteiger partial charge >= 0.3 is 5.97 Å². The molecule has 0 aromatic rings. The Morgan fingerprint density at radius 1 is 0.378 bits per heavy atom. The molecule has 0 aliphatic heterocycles. The van der Waals surface area contributed by atoms with Crippen LogP contribution in [-0.4, -0.2) is 47.4 Å². The maximum Gasteiger partial charge on any atom is 0.305 e. The number of amides is 1. The lowest BCUT2D eigenvalue weighted by molar-refractivity contribution is -0.143. The van der Waals surface area contributed by atoms with Crippen molar-refractivity contribution in [3.05, 3.63) is 36.5 Å². The number of ether oxygens (including phenoxy) is 1. The molecule has 6 heteroatoms. The number of rotatable bonds is 62. The zero-order chi connectivity index (χ0) is 53.6. The summed E-state index contributed by atoms with van der Waals surface area (Å²) in [5, 5.41) is 23.2. The van der Waals surface area contributed by atoms with Gasteiger partial charge in [-0.25, -0.2) is 0 Å². The zero-order valence-electron chi connectivity index (χ0n) is 49.8. The Hall–Kier alpha value is -1.92. The largest absolute Gasteiger partial charge is 0.466 e. The number of unbranched alkanes of at least 4 members (excludes halogenated alkanes) is 45. The van der Waals surface area contributed by atoms with E-state index in [4.69, 9.17) is 4.74 Å². The third-order valence-corrected chi connectivity index (χ3v) is 15.4. The molecule has 74 heavy (non-hydrogen) atoms. The first-order valence-corrected chi connectivity index (χ1v) is 33.2. The fourth-order valence-corrected chi connectivity index (χ4v) is 10.3. The van der Waals surface area contributed by atoms with Crippen molar-refractivity contribution in [2.75, 3.05) is 13.2 Å². The van der Waals surface area contributed by atoms with Gasteiger partial charge in [-0.05, 0) is 83.5 Å². The zero-order valence-corrected chi connectivity index (χ0v) is 49.8. The first-order valence-electron chi connectivity index (χ1n) is 33.2. The second-order valence-corrected chi connectivity index (χ2v) is 22.8. The van der Waals surface area contributed by atoms with E-state index in [0.717, 1.165) is 51.4 Å². The van der Waals surface area contributed by atoms with E-state index in [1.165, 1.54) is 276 Å². The fourth-order valence-electron chi connectivity index (χ4n) is 10.3. The Morgan fingerprint density at radius 2 is 0.676 bits per heavy atom. The standard InChI is InChI=1S/C68H129NO5/c1-3-5-7-9-11-13-15-17-18-35-38-42-46-50-54-58-62-68(73)74-63-59-55-51-47-43-39-36-33-31-29-27-25-23-21-19-20-22-24-26-28-30-32-34-37-41-45-49-53-57-61-67(72)69-65(64-70)66(71)60-56-52-48-44-40-16-14-12-10-8-6-4-2/h13,15,18-19,21,35,65-66,70-71H,3-12,14,16-17,20,22-34,36-64H2,1-2H3,(H,69,72)/b15-13-,21-19-,35-18-. The van der Waals surface area contributed by atoms with E-state index in [1.54, 1.807) is 0 Å². The summed E-state index contributed by atoms with van der Waals surface area (Å²) in [5.41, 5.74) is 0. The van der Waals surface area contributed by atoms with Crippen LogP contribution in [0.2, 0.25) is 0 Å². The van der Waals surface area contributed by atoms with Crippen molar-refractivity contribution in [1.82, 2.24) is 5.32 Å². The number of hydrogen-bond donors (Lipinski definition) is 3. The summed E-state index contributed by atoms with van der Waals surface area (Å²) in [6.45, 7) is 4.94. The maximum absolute atomic E-state index is 12.5. The molecule has 0 heterocycles. The number of esters is 1. The third-order valence-electron chi connectivity index (χ3n) is 15.4. The van der Waals surface area contributed by atoms with E-state index in [-0.39, 0.29) is 18.5 Å². The van der Waals surface area contributed by atoms with E-state index in [1.807, 2.05) is 0 Å². The van der Waals surface area contributed by atoms with Crippen molar-refractivity contribution >= 4 is 11.9 Å². The molecular weight excluding hydrogens is 911 g/mol. The number of aliphatic hydroxyl groups is 2. The molecule has 0 spiro atoms. The molecule has 6 nitrogen and oxygen atoms in total. The van der Waals surface area contributed by atoms with E-state index in [0.29, 0.717) is 25.9 Å². The Kier molecular flexibility index (Phi) is 62.0. The molecule has 2 unspecified atom stereocenters. The van der Waals surface area contributed by atoms with Crippen molar-refractivity contribution in [3.8, 4) is 0 Å². The quantitative estimate of drug-likeness (QED) is 0.0320. The number of aliphatic hydroxyl groups excluding tert-OH is 2. The minimum Gasteiger partial charge on any atom is -0.466 e. The lowest BCUT2D eigenvalue weighted by Crippen LogP contribution is -2.45. The van der Waals surface area contributed by atoms with Crippen molar-refractivity contribution < 1.29 is 24.5 Å². The van der Waals surface area contributed by atoms with Crippen LogP contribution in [0.1, 0.15) is 361 Å². The van der Waals surface area contributed by atoms with Gasteiger partial charge in [0.1, 0.15) is 0 Å². The average molecular weight is 1040 g/mol. The summed E-state index contributed by atoms with van der Waals surface area (Å²) in [4.78, 5) is 24.5. The normalized spacial score (nSPS) is 12.8. The highest BCUT2D eigenvalue weighted by molar-refractivity contribution is 5.76. The molecule has 0 rings (SSSR count). The molecule has 3 N–H and O–H groups in total. The van der Waals surface area contributed by atoms with Crippen LogP contribution in [0.25, 0.3) is 0 Å². The van der Waals surface area contributed by atoms with Gasteiger partial charge in [-0.2, -0.15) is 0 Å². The SMILES string of the molecule is CCCCCC/C=C\C/C=C\CCCCCCCC(=O)OCCCCCCCCCCCCCC/C=C\CCCCCCCCCCCCCCCC(=O)NC(CO)C(O)CCCCCCCCCCCCCC. The number of hydrogen-bond acceptors (Lipinski definition) is 5. The van der Waals surface area contributed by atoms with Gasteiger partial charge in [0.15, 0.2) is 0 Å². The van der Waals surface area contributed by atoms with Crippen molar-refractivity contribution in [1.29, 1.82) is 0 Å². The molecule has 0 aromatic heterocycles. The molecule has 2 atom stereocenters. The molecule has 1 amide bonds. The molecule has 0 radical (unpaired) electrons. The highest BCUT2D eigenvalue weighted by Crippen LogP contribution is 2.18. The van der Waals surface area contributed by atoms with Gasteiger partial charge in [0.05, 0.1) is 25.4 Å². The van der Waals surface area contributed by atoms with E-state index >= 15 is 0 Å². The van der Waals surface area contributed by atoms with E-state index in [9.17, 15) is 19.8 Å². The van der Waals surface area contributed by atoms with Gasteiger partial charge in [0, 0.05) is 12.8 Å². The fraction of sp³-hybridized carbons (Fsp3) is 0.882. The lowest BCUT2D eigenvalue weighted by atomic mass is 10.0. The molecule has 0 saturated carbocycles. The maximum atomic E-state index is 12.5. The highest BCUT2D eigenvalue weighted by atomic mass is 16.5. The first-order chi connectivity index (χ1) is 36.5. The second kappa shape index (κ2) is 63.6. The van der Waals surface area contributed by atoms with Gasteiger partial charge < -0.3 is 20.3 Å². The van der Waals surface area contributed by atoms with Crippen LogP contribution in [0.4, 0.5) is 0 Å². The molecule has 0 fully saturated rings. The third kappa shape index (κ3) is 59.3. The second-order valence-electron chi connectivity index (χ2n) is 22.8. The summed E-state index contributed by atoms with van der Waals surface area (Å²) in [6.07, 6.45) is 80.4. The molecule has 436 valence electrons.